The molecule has 0 aliphatic heterocycles. The van der Waals surface area contributed by atoms with E-state index in [9.17, 15) is 0 Å². The van der Waals surface area contributed by atoms with Crippen molar-refractivity contribution in [3.8, 4) is 0 Å². The summed E-state index contributed by atoms with van der Waals surface area (Å²) in [6.07, 6.45) is 5.19. The molecule has 1 heterocycles. The first-order valence-corrected chi connectivity index (χ1v) is 4.51. The van der Waals surface area contributed by atoms with E-state index in [1.54, 1.807) is 0 Å². The molecular weight excluding hydrogens is 150 g/mol. The predicted octanol–water partition coefficient (Wildman–Crippen LogP) is 1.91. The van der Waals surface area contributed by atoms with E-state index in [-0.39, 0.29) is 6.04 Å². The predicted molar refractivity (Wildman–Crippen MR) is 49.8 cm³/mol. The summed E-state index contributed by atoms with van der Waals surface area (Å²) in [5, 5.41) is 0. The molecule has 0 amide bonds. The molecule has 1 rings (SSSR count). The average molecular weight is 167 g/mol. The molecular formula is C9H17N3. The first-order valence-electron chi connectivity index (χ1n) is 4.51. The lowest BCUT2D eigenvalue weighted by molar-refractivity contribution is 0.579. The van der Waals surface area contributed by atoms with Crippen molar-refractivity contribution in [1.82, 2.24) is 9.97 Å². The highest BCUT2D eigenvalue weighted by Gasteiger charge is 2.07. The number of nitrogens with one attached hydrogen (secondary N) is 1. The van der Waals surface area contributed by atoms with Gasteiger partial charge in [0.05, 0.1) is 6.04 Å². The monoisotopic (exact) mass is 167 g/mol. The molecule has 0 saturated carbocycles. The second-order valence-corrected chi connectivity index (χ2v) is 3.20. The number of rotatable bonds is 4. The van der Waals surface area contributed by atoms with E-state index >= 15 is 0 Å². The van der Waals surface area contributed by atoms with Crippen molar-refractivity contribution in [1.29, 1.82) is 0 Å². The van der Waals surface area contributed by atoms with Crippen LogP contribution < -0.4 is 5.73 Å². The molecule has 1 atom stereocenters. The lowest BCUT2D eigenvalue weighted by Crippen LogP contribution is -2.11. The van der Waals surface area contributed by atoms with E-state index in [1.807, 2.05) is 13.1 Å². The second kappa shape index (κ2) is 4.26. The molecule has 0 spiro atoms. The van der Waals surface area contributed by atoms with Crippen molar-refractivity contribution in [2.24, 2.45) is 5.73 Å². The van der Waals surface area contributed by atoms with Crippen LogP contribution in [0.15, 0.2) is 6.20 Å². The van der Waals surface area contributed by atoms with Crippen LogP contribution in [-0.2, 0) is 0 Å². The van der Waals surface area contributed by atoms with Gasteiger partial charge in [0, 0.05) is 11.9 Å². The quantitative estimate of drug-likeness (QED) is 0.719. The standard InChI is InChI=1S/C9H17N3/c1-3-4-5-8(10)9-11-6-7(2)12-9/h6,8H,3-5,10H2,1-2H3,(H,11,12). The van der Waals surface area contributed by atoms with Crippen molar-refractivity contribution in [3.63, 3.8) is 0 Å². The van der Waals surface area contributed by atoms with Crippen molar-refractivity contribution < 1.29 is 0 Å². The third-order valence-electron chi connectivity index (χ3n) is 1.94. The molecule has 0 bridgehead atoms. The number of nitrogens with zero attached hydrogens (tertiary/aromatic N) is 1. The third-order valence-corrected chi connectivity index (χ3v) is 1.94. The summed E-state index contributed by atoms with van der Waals surface area (Å²) in [6.45, 7) is 4.16. The van der Waals surface area contributed by atoms with Gasteiger partial charge in [0.25, 0.3) is 0 Å². The van der Waals surface area contributed by atoms with Gasteiger partial charge in [-0.1, -0.05) is 19.8 Å². The highest BCUT2D eigenvalue weighted by Crippen LogP contribution is 2.12. The Kier molecular flexibility index (Phi) is 3.29. The van der Waals surface area contributed by atoms with Gasteiger partial charge < -0.3 is 10.7 Å². The Morgan fingerprint density at radius 2 is 2.42 bits per heavy atom. The highest BCUT2D eigenvalue weighted by atomic mass is 14.9. The smallest absolute Gasteiger partial charge is 0.123 e. The zero-order valence-electron chi connectivity index (χ0n) is 7.80. The summed E-state index contributed by atoms with van der Waals surface area (Å²) in [6, 6.07) is 0.0821. The van der Waals surface area contributed by atoms with Gasteiger partial charge in [-0.15, -0.1) is 0 Å². The maximum absolute atomic E-state index is 5.90. The number of nitrogens with two attached hydrogens (primary N) is 1. The fourth-order valence-electron chi connectivity index (χ4n) is 1.18. The summed E-state index contributed by atoms with van der Waals surface area (Å²) in [7, 11) is 0. The average Bonchev–Trinajstić information content (AvgIpc) is 2.47. The Morgan fingerprint density at radius 1 is 1.67 bits per heavy atom. The Hall–Kier alpha value is -0.830. The zero-order valence-corrected chi connectivity index (χ0v) is 7.80. The largest absolute Gasteiger partial charge is 0.345 e. The molecule has 1 aromatic heterocycles. The van der Waals surface area contributed by atoms with Crippen LogP contribution in [0.25, 0.3) is 0 Å². The van der Waals surface area contributed by atoms with Crippen molar-refractivity contribution in [2.45, 2.75) is 39.2 Å². The molecule has 0 radical (unpaired) electrons. The summed E-state index contributed by atoms with van der Waals surface area (Å²) in [5.41, 5.74) is 6.98. The van der Waals surface area contributed by atoms with Crippen LogP contribution in [-0.4, -0.2) is 9.97 Å². The van der Waals surface area contributed by atoms with Crippen LogP contribution in [0.2, 0.25) is 0 Å². The summed E-state index contributed by atoms with van der Waals surface area (Å²) in [4.78, 5) is 7.34. The van der Waals surface area contributed by atoms with Gasteiger partial charge in [-0.05, 0) is 13.3 Å². The molecule has 12 heavy (non-hydrogen) atoms. The van der Waals surface area contributed by atoms with Crippen LogP contribution in [0.4, 0.5) is 0 Å². The van der Waals surface area contributed by atoms with Crippen molar-refractivity contribution >= 4 is 0 Å². The SMILES string of the molecule is CCCCC(N)c1ncc(C)[nH]1. The number of aromatic amines is 1. The Labute approximate surface area is 73.4 Å². The Morgan fingerprint density at radius 3 is 2.92 bits per heavy atom. The second-order valence-electron chi connectivity index (χ2n) is 3.20. The molecule has 0 saturated heterocycles. The summed E-state index contributed by atoms with van der Waals surface area (Å²) >= 11 is 0. The minimum absolute atomic E-state index is 0.0821. The van der Waals surface area contributed by atoms with Gasteiger partial charge in [0.1, 0.15) is 5.82 Å². The number of H-pyrrole nitrogens is 1. The first-order chi connectivity index (χ1) is 5.74. The first kappa shape index (κ1) is 9.26. The van der Waals surface area contributed by atoms with Crippen LogP contribution in [0.5, 0.6) is 0 Å². The van der Waals surface area contributed by atoms with Gasteiger partial charge in [0.15, 0.2) is 0 Å². The number of imidazole rings is 1. The summed E-state index contributed by atoms with van der Waals surface area (Å²) < 4.78 is 0. The van der Waals surface area contributed by atoms with E-state index in [0.29, 0.717) is 0 Å². The molecule has 1 unspecified atom stereocenters. The van der Waals surface area contributed by atoms with E-state index in [4.69, 9.17) is 5.73 Å². The number of aryl methyl sites for hydroxylation is 1. The Balaban J connectivity index is 2.47. The molecule has 3 heteroatoms. The maximum atomic E-state index is 5.90. The number of hydrogen-bond acceptors (Lipinski definition) is 2. The fourth-order valence-corrected chi connectivity index (χ4v) is 1.18. The number of unbranched alkanes of at least 4 members (excludes halogenated alkanes) is 1. The highest BCUT2D eigenvalue weighted by molar-refractivity contribution is 5.01. The van der Waals surface area contributed by atoms with Gasteiger partial charge in [0.2, 0.25) is 0 Å². The molecule has 0 aromatic carbocycles. The van der Waals surface area contributed by atoms with Gasteiger partial charge in [-0.25, -0.2) is 4.98 Å². The molecule has 3 N–H and O–H groups in total. The summed E-state index contributed by atoms with van der Waals surface area (Å²) in [5.74, 6) is 0.918. The molecule has 0 fully saturated rings. The van der Waals surface area contributed by atoms with Crippen molar-refractivity contribution in [2.75, 3.05) is 0 Å². The van der Waals surface area contributed by atoms with E-state index in [1.165, 1.54) is 12.8 Å². The normalized spacial score (nSPS) is 13.2. The molecule has 0 aliphatic rings. The maximum Gasteiger partial charge on any atom is 0.123 e. The third kappa shape index (κ3) is 2.34. The molecule has 3 nitrogen and oxygen atoms in total. The van der Waals surface area contributed by atoms with E-state index < -0.39 is 0 Å². The van der Waals surface area contributed by atoms with E-state index in [0.717, 1.165) is 17.9 Å². The zero-order chi connectivity index (χ0) is 8.97. The molecule has 68 valence electrons. The van der Waals surface area contributed by atoms with Crippen LogP contribution >= 0.6 is 0 Å². The van der Waals surface area contributed by atoms with Gasteiger partial charge in [-0.3, -0.25) is 0 Å². The molecule has 1 aromatic rings. The topological polar surface area (TPSA) is 54.7 Å². The van der Waals surface area contributed by atoms with Crippen LogP contribution in [0, 0.1) is 6.92 Å². The van der Waals surface area contributed by atoms with Crippen molar-refractivity contribution in [3.05, 3.63) is 17.7 Å². The molecule has 0 aliphatic carbocycles. The van der Waals surface area contributed by atoms with Crippen LogP contribution in [0.1, 0.15) is 43.7 Å². The van der Waals surface area contributed by atoms with Gasteiger partial charge in [-0.2, -0.15) is 0 Å². The number of aromatic nitrogens is 2. The van der Waals surface area contributed by atoms with E-state index in [2.05, 4.69) is 16.9 Å². The lowest BCUT2D eigenvalue weighted by atomic mass is 10.1. The van der Waals surface area contributed by atoms with Gasteiger partial charge >= 0.3 is 0 Å². The number of hydrogen-bond donors (Lipinski definition) is 2. The fraction of sp³-hybridized carbons (Fsp3) is 0.667. The lowest BCUT2D eigenvalue weighted by Gasteiger charge is -2.06. The van der Waals surface area contributed by atoms with Crippen LogP contribution in [0.3, 0.4) is 0 Å². The Bertz CT molecular complexity index is 229. The minimum Gasteiger partial charge on any atom is -0.345 e. The minimum atomic E-state index is 0.0821.